The number of nitrogens with one attached hydrogen (secondary N) is 1. The Bertz CT molecular complexity index is 547. The number of rotatable bonds is 2. The summed E-state index contributed by atoms with van der Waals surface area (Å²) in [5.41, 5.74) is 0.728. The van der Waals surface area contributed by atoms with Gasteiger partial charge in [-0.25, -0.2) is 0 Å². The molecule has 0 radical (unpaired) electrons. The summed E-state index contributed by atoms with van der Waals surface area (Å²) < 4.78 is 0. The van der Waals surface area contributed by atoms with Crippen LogP contribution in [0.4, 0.5) is 0 Å². The first kappa shape index (κ1) is 16.5. The van der Waals surface area contributed by atoms with E-state index in [4.69, 9.17) is 0 Å². The lowest BCUT2D eigenvalue weighted by molar-refractivity contribution is -0.157. The van der Waals surface area contributed by atoms with Gasteiger partial charge in [-0.2, -0.15) is 5.10 Å². The summed E-state index contributed by atoms with van der Waals surface area (Å²) in [5.74, 6) is 0.0630. The Morgan fingerprint density at radius 3 is 2.70 bits per heavy atom. The van der Waals surface area contributed by atoms with Gasteiger partial charge in [0.1, 0.15) is 0 Å². The van der Waals surface area contributed by atoms with Gasteiger partial charge in [0, 0.05) is 31.9 Å². The Morgan fingerprint density at radius 1 is 1.43 bits per heavy atom. The van der Waals surface area contributed by atoms with E-state index in [1.165, 1.54) is 0 Å². The van der Waals surface area contributed by atoms with Crippen molar-refractivity contribution in [3.05, 3.63) is 18.0 Å². The minimum absolute atomic E-state index is 0.0606. The van der Waals surface area contributed by atoms with Gasteiger partial charge in [0.2, 0.25) is 5.91 Å². The van der Waals surface area contributed by atoms with Crippen molar-refractivity contribution in [2.24, 2.45) is 5.41 Å². The van der Waals surface area contributed by atoms with Crippen molar-refractivity contribution >= 4 is 5.91 Å². The highest BCUT2D eigenvalue weighted by atomic mass is 16.3. The van der Waals surface area contributed by atoms with Gasteiger partial charge in [0.15, 0.2) is 0 Å². The van der Waals surface area contributed by atoms with E-state index in [-0.39, 0.29) is 11.3 Å². The predicted octanol–water partition coefficient (Wildman–Crippen LogP) is 1.38. The lowest BCUT2D eigenvalue weighted by Gasteiger charge is -2.55. The lowest BCUT2D eigenvalue weighted by Crippen LogP contribution is -2.64. The maximum absolute atomic E-state index is 12.1. The van der Waals surface area contributed by atoms with Gasteiger partial charge in [0.25, 0.3) is 0 Å². The first-order chi connectivity index (χ1) is 10.8. The second kappa shape index (κ2) is 5.91. The van der Waals surface area contributed by atoms with Crippen LogP contribution in [0.3, 0.4) is 0 Å². The molecule has 2 fully saturated rings. The van der Waals surface area contributed by atoms with Gasteiger partial charge in [-0.05, 0) is 57.7 Å². The summed E-state index contributed by atoms with van der Waals surface area (Å²) in [6, 6.07) is 2.01. The van der Waals surface area contributed by atoms with E-state index in [1.54, 1.807) is 13.1 Å². The van der Waals surface area contributed by atoms with Crippen LogP contribution in [0.15, 0.2) is 12.3 Å². The minimum Gasteiger partial charge on any atom is -0.391 e. The fourth-order valence-corrected chi connectivity index (χ4v) is 4.12. The highest BCUT2D eigenvalue weighted by Crippen LogP contribution is 2.45. The quantitative estimate of drug-likeness (QED) is 0.863. The molecule has 0 unspecified atom stereocenters. The number of nitrogens with zero attached hydrogens (tertiary/aromatic N) is 3. The molecule has 1 aromatic rings. The molecule has 0 bridgehead atoms. The molecule has 2 saturated heterocycles. The normalized spacial score (nSPS) is 27.3. The number of hydrogen-bond acceptors (Lipinski definition) is 4. The fourth-order valence-electron chi connectivity index (χ4n) is 4.12. The Morgan fingerprint density at radius 2 is 2.13 bits per heavy atom. The molecule has 2 N–H and O–H groups in total. The average molecular weight is 320 g/mol. The molecular weight excluding hydrogens is 292 g/mol. The number of aliphatic hydroxyl groups excluding tert-OH is 1. The van der Waals surface area contributed by atoms with E-state index >= 15 is 0 Å². The number of likely N-dealkylation sites (tertiary alicyclic amines) is 2. The fraction of sp³-hybridized carbons (Fsp3) is 0.765. The third-order valence-corrected chi connectivity index (χ3v) is 5.88. The first-order valence-corrected chi connectivity index (χ1v) is 8.49. The first-order valence-electron chi connectivity index (χ1n) is 8.49. The molecular formula is C17H28N4O2. The van der Waals surface area contributed by atoms with Crippen molar-refractivity contribution in [3.8, 4) is 0 Å². The lowest BCUT2D eigenvalue weighted by atomic mass is 9.67. The average Bonchev–Trinajstić information content (AvgIpc) is 2.99. The molecule has 6 heteroatoms. The summed E-state index contributed by atoms with van der Waals surface area (Å²) in [5, 5.41) is 17.6. The smallest absolute Gasteiger partial charge is 0.219 e. The largest absolute Gasteiger partial charge is 0.391 e. The van der Waals surface area contributed by atoms with E-state index < -0.39 is 11.6 Å². The van der Waals surface area contributed by atoms with Crippen LogP contribution >= 0.6 is 0 Å². The highest BCUT2D eigenvalue weighted by molar-refractivity contribution is 5.74. The van der Waals surface area contributed by atoms with Crippen molar-refractivity contribution in [2.75, 3.05) is 19.6 Å². The Balaban J connectivity index is 1.66. The number of amides is 1. The third-order valence-electron chi connectivity index (χ3n) is 5.88. The summed E-state index contributed by atoms with van der Waals surface area (Å²) in [6.45, 7) is 9.21. The van der Waals surface area contributed by atoms with Gasteiger partial charge < -0.3 is 10.0 Å². The molecule has 3 heterocycles. The Labute approximate surface area is 137 Å². The molecule has 0 aliphatic carbocycles. The van der Waals surface area contributed by atoms with Crippen molar-refractivity contribution < 1.29 is 9.90 Å². The van der Waals surface area contributed by atoms with Crippen LogP contribution in [-0.2, 0) is 11.3 Å². The molecule has 1 amide bonds. The van der Waals surface area contributed by atoms with E-state index in [0.29, 0.717) is 0 Å². The number of aromatic amines is 1. The van der Waals surface area contributed by atoms with Crippen molar-refractivity contribution in [2.45, 2.75) is 58.2 Å². The van der Waals surface area contributed by atoms with Gasteiger partial charge in [-0.15, -0.1) is 0 Å². The predicted molar refractivity (Wildman–Crippen MR) is 87.6 cm³/mol. The number of aromatic nitrogens is 2. The molecule has 128 valence electrons. The summed E-state index contributed by atoms with van der Waals surface area (Å²) in [4.78, 5) is 16.4. The topological polar surface area (TPSA) is 72.5 Å². The van der Waals surface area contributed by atoms with Gasteiger partial charge in [-0.1, -0.05) is 0 Å². The molecule has 23 heavy (non-hydrogen) atoms. The maximum Gasteiger partial charge on any atom is 0.219 e. The number of carbonyl (C=O) groups is 1. The van der Waals surface area contributed by atoms with E-state index in [1.807, 2.05) is 24.8 Å². The van der Waals surface area contributed by atoms with Crippen molar-refractivity contribution in [1.82, 2.24) is 20.0 Å². The third kappa shape index (κ3) is 3.15. The zero-order chi connectivity index (χ0) is 16.7. The molecule has 0 saturated carbocycles. The van der Waals surface area contributed by atoms with E-state index in [0.717, 1.165) is 51.1 Å². The summed E-state index contributed by atoms with van der Waals surface area (Å²) in [6.07, 6.45) is 4.17. The molecule has 1 atom stereocenters. The Hall–Kier alpha value is -1.40. The Kier molecular flexibility index (Phi) is 4.23. The van der Waals surface area contributed by atoms with Gasteiger partial charge in [-0.3, -0.25) is 14.8 Å². The van der Waals surface area contributed by atoms with Gasteiger partial charge in [0.05, 0.1) is 11.6 Å². The second-order valence-electron chi connectivity index (χ2n) is 7.84. The number of hydrogen-bond donors (Lipinski definition) is 2. The van der Waals surface area contributed by atoms with E-state index in [2.05, 4.69) is 15.1 Å². The SMILES string of the molecule is CC(=O)N1CC2(CCN(Cc3ccn[nH]3)CC2)C[C@@H](O)C1(C)C. The number of carbonyl (C=O) groups excluding carboxylic acids is 1. The van der Waals surface area contributed by atoms with Crippen LogP contribution in [0, 0.1) is 5.41 Å². The molecule has 1 spiro atoms. The molecule has 3 rings (SSSR count). The van der Waals surface area contributed by atoms with Crippen LogP contribution < -0.4 is 0 Å². The molecule has 1 aromatic heterocycles. The second-order valence-corrected chi connectivity index (χ2v) is 7.84. The summed E-state index contributed by atoms with van der Waals surface area (Å²) in [7, 11) is 0. The van der Waals surface area contributed by atoms with Crippen molar-refractivity contribution in [1.29, 1.82) is 0 Å². The number of piperidine rings is 2. The zero-order valence-corrected chi connectivity index (χ0v) is 14.4. The standard InChI is InChI=1S/C17H28N4O2/c1-13(22)21-12-17(10-15(23)16(21,2)3)5-8-20(9-6-17)11-14-4-7-18-19-14/h4,7,15,23H,5-6,8-12H2,1-3H3,(H,18,19)/t15-/m1/s1. The van der Waals surface area contributed by atoms with Crippen LogP contribution in [0.1, 0.15) is 45.7 Å². The zero-order valence-electron chi connectivity index (χ0n) is 14.4. The summed E-state index contributed by atoms with van der Waals surface area (Å²) >= 11 is 0. The highest BCUT2D eigenvalue weighted by Gasteiger charge is 2.50. The van der Waals surface area contributed by atoms with Gasteiger partial charge >= 0.3 is 0 Å². The van der Waals surface area contributed by atoms with Crippen LogP contribution in [0.5, 0.6) is 0 Å². The molecule has 2 aliphatic heterocycles. The molecule has 2 aliphatic rings. The number of aliphatic hydroxyl groups is 1. The monoisotopic (exact) mass is 320 g/mol. The van der Waals surface area contributed by atoms with Crippen LogP contribution in [0.25, 0.3) is 0 Å². The van der Waals surface area contributed by atoms with Crippen LogP contribution in [-0.4, -0.2) is 62.3 Å². The maximum atomic E-state index is 12.1. The van der Waals surface area contributed by atoms with Crippen LogP contribution in [0.2, 0.25) is 0 Å². The molecule has 0 aromatic carbocycles. The molecule has 6 nitrogen and oxygen atoms in total. The van der Waals surface area contributed by atoms with E-state index in [9.17, 15) is 9.90 Å². The minimum atomic E-state index is -0.468. The number of H-pyrrole nitrogens is 1. The van der Waals surface area contributed by atoms with Crippen molar-refractivity contribution in [3.63, 3.8) is 0 Å².